The summed E-state index contributed by atoms with van der Waals surface area (Å²) in [5.41, 5.74) is -1.99. The van der Waals surface area contributed by atoms with Crippen LogP contribution in [0.5, 0.6) is 5.75 Å². The number of oxime groups is 1. The number of carbonyl (C=O) groups excluding carboxylic acids is 3. The summed E-state index contributed by atoms with van der Waals surface area (Å²) in [6.45, 7) is 3.19. The maximum absolute atomic E-state index is 14.3. The van der Waals surface area contributed by atoms with Crippen molar-refractivity contribution in [3.8, 4) is 5.75 Å². The number of ether oxygens (including phenoxy) is 3. The van der Waals surface area contributed by atoms with E-state index in [1.54, 1.807) is 11.8 Å². The van der Waals surface area contributed by atoms with Gasteiger partial charge in [-0.2, -0.15) is 0 Å². The number of phosphoric acid groups is 1. The Hall–Kier alpha value is -4.38. The lowest BCUT2D eigenvalue weighted by atomic mass is 9.84. The highest BCUT2D eigenvalue weighted by Gasteiger charge is 2.54. The molecule has 3 N–H and O–H groups in total. The zero-order valence-electron chi connectivity index (χ0n) is 26.7. The first kappa shape index (κ1) is 35.9. The third-order valence-electron chi connectivity index (χ3n) is 8.52. The summed E-state index contributed by atoms with van der Waals surface area (Å²) >= 11 is 0. The molecule has 19 heteroatoms. The Labute approximate surface area is 278 Å². The fourth-order valence-electron chi connectivity index (χ4n) is 6.00. The van der Waals surface area contributed by atoms with Crippen molar-refractivity contribution in [3.63, 3.8) is 0 Å². The molecule has 4 atom stereocenters. The molecule has 5 rings (SSSR count). The molecule has 0 saturated carbocycles. The van der Waals surface area contributed by atoms with Crippen LogP contribution in [0.25, 0.3) is 0 Å². The van der Waals surface area contributed by atoms with E-state index in [2.05, 4.69) is 15.0 Å². The Morgan fingerprint density at radius 1 is 1.22 bits per heavy atom. The second-order valence-corrected chi connectivity index (χ2v) is 13.5. The summed E-state index contributed by atoms with van der Waals surface area (Å²) < 4.78 is 59.8. The van der Waals surface area contributed by atoms with Crippen LogP contribution in [0.3, 0.4) is 0 Å². The first-order valence-electron chi connectivity index (χ1n) is 15.2. The molecule has 49 heavy (non-hydrogen) atoms. The van der Waals surface area contributed by atoms with Gasteiger partial charge in [-0.05, 0) is 32.8 Å². The van der Waals surface area contributed by atoms with Crippen molar-refractivity contribution in [2.24, 2.45) is 11.1 Å². The molecular formula is C30H35F2N4O12P. The molecule has 0 unspecified atom stereocenters. The largest absolute Gasteiger partial charge is 0.511 e. The first-order chi connectivity index (χ1) is 23.1. The van der Waals surface area contributed by atoms with E-state index in [4.69, 9.17) is 28.8 Å². The van der Waals surface area contributed by atoms with E-state index in [0.717, 1.165) is 12.1 Å². The number of carbonyl (C=O) groups is 3. The van der Waals surface area contributed by atoms with E-state index in [-0.39, 0.29) is 30.5 Å². The average Bonchev–Trinajstić information content (AvgIpc) is 3.37. The Balaban J connectivity index is 1.44. The Morgan fingerprint density at radius 2 is 1.98 bits per heavy atom. The van der Waals surface area contributed by atoms with Crippen LogP contribution in [0.15, 0.2) is 34.3 Å². The number of pyridine rings is 1. The lowest BCUT2D eigenvalue weighted by molar-refractivity contribution is -0.0658. The minimum atomic E-state index is -4.73. The van der Waals surface area contributed by atoms with Gasteiger partial charge in [-0.3, -0.25) is 18.9 Å². The number of fused-ring (bicyclic) bond motifs is 5. The van der Waals surface area contributed by atoms with Crippen LogP contribution in [0, 0.1) is 17.6 Å². The minimum Gasteiger partial charge on any atom is -0.451 e. The molecule has 4 heterocycles. The SMILES string of the molecule is CC1=NO[C@@]2(CC[C@H](C)N3C[C@H]2n2cc(C(=O)NCc4ccc(F)cc4F)c(=O)c(OCOC(=O)OC[C@@H](C)COP(=O)(O)O)c2C3=O)C1. The number of phosphoric ester groups is 1. The van der Waals surface area contributed by atoms with E-state index in [1.807, 2.05) is 6.92 Å². The topological polar surface area (TPSA) is 205 Å². The van der Waals surface area contributed by atoms with Crippen LogP contribution in [0.2, 0.25) is 0 Å². The van der Waals surface area contributed by atoms with Gasteiger partial charge >= 0.3 is 14.0 Å². The Kier molecular flexibility index (Phi) is 10.4. The lowest BCUT2D eigenvalue weighted by Crippen LogP contribution is -2.52. The summed E-state index contributed by atoms with van der Waals surface area (Å²) in [4.78, 5) is 78.7. The highest BCUT2D eigenvalue weighted by Crippen LogP contribution is 2.46. The van der Waals surface area contributed by atoms with Crippen LogP contribution >= 0.6 is 7.82 Å². The highest BCUT2D eigenvalue weighted by atomic mass is 31.2. The number of benzene rings is 1. The van der Waals surface area contributed by atoms with E-state index >= 15 is 0 Å². The van der Waals surface area contributed by atoms with Gasteiger partial charge in [0.25, 0.3) is 11.8 Å². The number of hydrogen-bond acceptors (Lipinski definition) is 11. The molecule has 2 amide bonds. The summed E-state index contributed by atoms with van der Waals surface area (Å²) in [5, 5.41) is 6.61. The Bertz CT molecular complexity index is 1780. The standard InChI is InChI=1S/C30H35F2N4O12P/c1-16(14-47-49(41,42)43)13-44-29(40)46-15-45-26-24-28(39)35-12-23(30(7-6-18(35)3)9-17(2)34-48-30)36(24)11-21(25(26)37)27(38)33-10-19-4-5-20(31)8-22(19)32/h4-5,8,11,16,18,23H,6-7,9-10,12-15H2,1-3H3,(H,33,38)(H2,41,42,43)/t16-,18+,23-,30+/m1/s1. The van der Waals surface area contributed by atoms with Crippen molar-refractivity contribution in [1.82, 2.24) is 14.8 Å². The van der Waals surface area contributed by atoms with Gasteiger partial charge in [-0.25, -0.2) is 18.1 Å². The third-order valence-corrected chi connectivity index (χ3v) is 9.00. The third kappa shape index (κ3) is 7.93. The van der Waals surface area contributed by atoms with Gasteiger partial charge < -0.3 is 43.6 Å². The summed E-state index contributed by atoms with van der Waals surface area (Å²) in [6.07, 6.45) is 1.39. The number of aromatic nitrogens is 1. The van der Waals surface area contributed by atoms with Crippen LogP contribution in [-0.2, 0) is 29.9 Å². The molecule has 1 aromatic carbocycles. The number of nitrogens with one attached hydrogen (secondary N) is 1. The van der Waals surface area contributed by atoms with Crippen LogP contribution in [-0.4, -0.2) is 81.1 Å². The number of halogens is 2. The molecule has 266 valence electrons. The second kappa shape index (κ2) is 14.2. The van der Waals surface area contributed by atoms with Gasteiger partial charge in [0.1, 0.15) is 17.2 Å². The van der Waals surface area contributed by atoms with Crippen LogP contribution in [0.4, 0.5) is 13.6 Å². The van der Waals surface area contributed by atoms with Gasteiger partial charge in [0.15, 0.2) is 11.3 Å². The molecule has 0 aliphatic carbocycles. The van der Waals surface area contributed by atoms with Gasteiger partial charge in [0.2, 0.25) is 18.0 Å². The Morgan fingerprint density at radius 3 is 2.65 bits per heavy atom. The van der Waals surface area contributed by atoms with E-state index in [9.17, 15) is 32.5 Å². The predicted octanol–water partition coefficient (Wildman–Crippen LogP) is 3.01. The van der Waals surface area contributed by atoms with Gasteiger partial charge in [-0.15, -0.1) is 0 Å². The average molecular weight is 713 g/mol. The quantitative estimate of drug-likeness (QED) is 0.175. The van der Waals surface area contributed by atoms with E-state index in [1.165, 1.54) is 17.7 Å². The van der Waals surface area contributed by atoms with E-state index < -0.39 is 91.7 Å². The molecule has 1 spiro atoms. The molecule has 0 radical (unpaired) electrons. The van der Waals surface area contributed by atoms with Crippen molar-refractivity contribution in [2.45, 2.75) is 64.3 Å². The van der Waals surface area contributed by atoms with Gasteiger partial charge in [0.05, 0.1) is 25.0 Å². The van der Waals surface area contributed by atoms with Crippen molar-refractivity contribution < 1.29 is 61.1 Å². The summed E-state index contributed by atoms with van der Waals surface area (Å²) in [6, 6.07) is 1.90. The summed E-state index contributed by atoms with van der Waals surface area (Å²) in [7, 11) is -4.73. The molecule has 3 aliphatic heterocycles. The molecular weight excluding hydrogens is 677 g/mol. The zero-order chi connectivity index (χ0) is 35.7. The molecule has 2 aromatic rings. The highest BCUT2D eigenvalue weighted by molar-refractivity contribution is 7.46. The molecule has 1 fully saturated rings. The molecule has 3 aliphatic rings. The fraction of sp³-hybridized carbons (Fsp3) is 0.500. The number of rotatable bonds is 11. The van der Waals surface area contributed by atoms with Crippen molar-refractivity contribution >= 4 is 31.5 Å². The normalized spacial score (nSPS) is 22.1. The first-order valence-corrected chi connectivity index (χ1v) is 16.8. The van der Waals surface area contributed by atoms with E-state index in [0.29, 0.717) is 31.0 Å². The fourth-order valence-corrected chi connectivity index (χ4v) is 6.45. The predicted molar refractivity (Wildman–Crippen MR) is 164 cm³/mol. The van der Waals surface area contributed by atoms with Gasteiger partial charge in [-0.1, -0.05) is 18.1 Å². The van der Waals surface area contributed by atoms with Crippen molar-refractivity contribution in [3.05, 3.63) is 63.1 Å². The molecule has 1 saturated heterocycles. The van der Waals surface area contributed by atoms with Crippen LogP contribution < -0.4 is 15.5 Å². The maximum Gasteiger partial charge on any atom is 0.511 e. The lowest BCUT2D eigenvalue weighted by Gasteiger charge is -2.42. The molecule has 2 bridgehead atoms. The maximum atomic E-state index is 14.3. The minimum absolute atomic E-state index is 0.0479. The molecule has 16 nitrogen and oxygen atoms in total. The number of nitrogens with zero attached hydrogens (tertiary/aromatic N) is 3. The monoisotopic (exact) mass is 712 g/mol. The second-order valence-electron chi connectivity index (χ2n) is 12.3. The molecule has 1 aromatic heterocycles. The zero-order valence-corrected chi connectivity index (χ0v) is 27.6. The van der Waals surface area contributed by atoms with Crippen molar-refractivity contribution in [1.29, 1.82) is 0 Å². The number of hydrogen-bond donors (Lipinski definition) is 3. The van der Waals surface area contributed by atoms with Crippen molar-refractivity contribution in [2.75, 3.05) is 26.6 Å². The summed E-state index contributed by atoms with van der Waals surface area (Å²) in [5.74, 6) is -4.48. The van der Waals surface area contributed by atoms with Gasteiger partial charge in [0, 0.05) is 49.3 Å². The van der Waals surface area contributed by atoms with Crippen LogP contribution in [0.1, 0.15) is 72.5 Å². The smallest absolute Gasteiger partial charge is 0.451 e. The number of amides is 2.